The largest absolute Gasteiger partial charge is 0.381 e. The molecule has 98 valence electrons. The van der Waals surface area contributed by atoms with E-state index >= 15 is 0 Å². The van der Waals surface area contributed by atoms with Crippen molar-refractivity contribution in [2.75, 3.05) is 31.2 Å². The van der Waals surface area contributed by atoms with Crippen molar-refractivity contribution in [1.29, 1.82) is 0 Å². The molecule has 2 fully saturated rings. The molecule has 0 unspecified atom stereocenters. The summed E-state index contributed by atoms with van der Waals surface area (Å²) in [6.07, 6.45) is 4.76. The van der Waals surface area contributed by atoms with Gasteiger partial charge in [-0.3, -0.25) is 0 Å². The summed E-state index contributed by atoms with van der Waals surface area (Å²) in [5.74, 6) is 2.59. The number of aromatic nitrogens is 2. The number of rotatable bonds is 2. The van der Waals surface area contributed by atoms with E-state index in [9.17, 15) is 0 Å². The van der Waals surface area contributed by atoms with Crippen molar-refractivity contribution in [3.05, 3.63) is 17.6 Å². The zero-order chi connectivity index (χ0) is 12.4. The molecule has 1 aromatic rings. The second-order valence-electron chi connectivity index (χ2n) is 5.28. The van der Waals surface area contributed by atoms with Crippen LogP contribution in [0.1, 0.15) is 43.1 Å². The highest BCUT2D eigenvalue weighted by atomic mass is 16.5. The maximum Gasteiger partial charge on any atom is 0.132 e. The molecule has 2 aliphatic heterocycles. The third-order valence-corrected chi connectivity index (χ3v) is 3.91. The van der Waals surface area contributed by atoms with E-state index in [2.05, 4.69) is 20.9 Å². The minimum absolute atomic E-state index is 0.557. The molecule has 2 saturated heterocycles. The molecule has 0 N–H and O–H groups in total. The van der Waals surface area contributed by atoms with Crippen molar-refractivity contribution >= 4 is 5.82 Å². The van der Waals surface area contributed by atoms with Crippen molar-refractivity contribution in [3.8, 4) is 0 Å². The van der Waals surface area contributed by atoms with Gasteiger partial charge in [-0.1, -0.05) is 0 Å². The van der Waals surface area contributed by atoms with Crippen LogP contribution in [0.3, 0.4) is 0 Å². The van der Waals surface area contributed by atoms with Crippen LogP contribution in [0.5, 0.6) is 0 Å². The van der Waals surface area contributed by atoms with Crippen LogP contribution >= 0.6 is 0 Å². The second kappa shape index (κ2) is 5.22. The zero-order valence-corrected chi connectivity index (χ0v) is 11.1. The Morgan fingerprint density at radius 1 is 1.17 bits per heavy atom. The molecule has 0 radical (unpaired) electrons. The van der Waals surface area contributed by atoms with Gasteiger partial charge < -0.3 is 9.64 Å². The fourth-order valence-electron chi connectivity index (χ4n) is 2.89. The average Bonchev–Trinajstić information content (AvgIpc) is 2.93. The second-order valence-corrected chi connectivity index (χ2v) is 5.28. The Balaban J connectivity index is 1.84. The smallest absolute Gasteiger partial charge is 0.132 e. The summed E-state index contributed by atoms with van der Waals surface area (Å²) in [6, 6.07) is 2.20. The molecule has 0 atom stereocenters. The number of anilines is 1. The van der Waals surface area contributed by atoms with Gasteiger partial charge in [-0.15, -0.1) is 0 Å². The van der Waals surface area contributed by atoms with Gasteiger partial charge in [-0.2, -0.15) is 0 Å². The summed E-state index contributed by atoms with van der Waals surface area (Å²) >= 11 is 0. The van der Waals surface area contributed by atoms with E-state index in [-0.39, 0.29) is 0 Å². The van der Waals surface area contributed by atoms with E-state index < -0.39 is 0 Å². The Morgan fingerprint density at radius 2 is 1.89 bits per heavy atom. The van der Waals surface area contributed by atoms with Gasteiger partial charge in [0.25, 0.3) is 0 Å². The number of nitrogens with zero attached hydrogens (tertiary/aromatic N) is 3. The maximum absolute atomic E-state index is 5.43. The van der Waals surface area contributed by atoms with Crippen molar-refractivity contribution in [1.82, 2.24) is 9.97 Å². The first-order chi connectivity index (χ1) is 8.83. The molecule has 18 heavy (non-hydrogen) atoms. The first-order valence-electron chi connectivity index (χ1n) is 7.01. The molecule has 0 amide bonds. The standard InChI is InChI=1S/C14H21N3O/c1-11-15-13(12-4-8-18-9-5-12)10-14(16-11)17-6-2-3-7-17/h10,12H,2-9H2,1H3. The lowest BCUT2D eigenvalue weighted by Crippen LogP contribution is -2.21. The van der Waals surface area contributed by atoms with Gasteiger partial charge in [0, 0.05) is 44.0 Å². The van der Waals surface area contributed by atoms with Gasteiger partial charge in [0.2, 0.25) is 0 Å². The van der Waals surface area contributed by atoms with Gasteiger partial charge in [0.15, 0.2) is 0 Å². The van der Waals surface area contributed by atoms with Crippen LogP contribution in [0.4, 0.5) is 5.82 Å². The molecule has 3 rings (SSSR count). The Labute approximate surface area is 108 Å². The monoisotopic (exact) mass is 247 g/mol. The van der Waals surface area contributed by atoms with Crippen LogP contribution in [-0.4, -0.2) is 36.3 Å². The lowest BCUT2D eigenvalue weighted by Gasteiger charge is -2.23. The number of hydrogen-bond acceptors (Lipinski definition) is 4. The first kappa shape index (κ1) is 11.9. The van der Waals surface area contributed by atoms with Crippen LogP contribution in [0, 0.1) is 6.92 Å². The highest BCUT2D eigenvalue weighted by Crippen LogP contribution is 2.28. The fourth-order valence-corrected chi connectivity index (χ4v) is 2.89. The third-order valence-electron chi connectivity index (χ3n) is 3.91. The van der Waals surface area contributed by atoms with Crippen molar-refractivity contribution in [2.24, 2.45) is 0 Å². The average molecular weight is 247 g/mol. The fraction of sp³-hybridized carbons (Fsp3) is 0.714. The number of aryl methyl sites for hydroxylation is 1. The van der Waals surface area contributed by atoms with Gasteiger partial charge in [-0.25, -0.2) is 9.97 Å². The SMILES string of the molecule is Cc1nc(C2CCOCC2)cc(N2CCCC2)n1. The molecule has 0 saturated carbocycles. The molecule has 0 bridgehead atoms. The molecular formula is C14H21N3O. The summed E-state index contributed by atoms with van der Waals surface area (Å²) in [4.78, 5) is 11.6. The Bertz CT molecular complexity index is 410. The van der Waals surface area contributed by atoms with Crippen molar-refractivity contribution in [2.45, 2.75) is 38.5 Å². The van der Waals surface area contributed by atoms with Gasteiger partial charge >= 0.3 is 0 Å². The molecule has 0 spiro atoms. The highest BCUT2D eigenvalue weighted by molar-refractivity contribution is 5.41. The minimum atomic E-state index is 0.557. The van der Waals surface area contributed by atoms with Crippen LogP contribution in [0.2, 0.25) is 0 Å². The predicted molar refractivity (Wildman–Crippen MR) is 71.0 cm³/mol. The van der Waals surface area contributed by atoms with E-state index in [1.165, 1.54) is 18.5 Å². The number of ether oxygens (including phenoxy) is 1. The summed E-state index contributed by atoms with van der Waals surface area (Å²) in [5, 5.41) is 0. The molecule has 2 aliphatic rings. The van der Waals surface area contributed by atoms with Gasteiger partial charge in [0.05, 0.1) is 0 Å². The molecule has 0 aromatic carbocycles. The lowest BCUT2D eigenvalue weighted by atomic mass is 9.96. The maximum atomic E-state index is 5.43. The summed E-state index contributed by atoms with van der Waals surface area (Å²) in [7, 11) is 0. The van der Waals surface area contributed by atoms with Crippen LogP contribution in [-0.2, 0) is 4.74 Å². The minimum Gasteiger partial charge on any atom is -0.381 e. The predicted octanol–water partition coefficient (Wildman–Crippen LogP) is 2.28. The van der Waals surface area contributed by atoms with E-state index in [0.717, 1.165) is 50.8 Å². The quantitative estimate of drug-likeness (QED) is 0.803. The zero-order valence-electron chi connectivity index (χ0n) is 11.1. The number of hydrogen-bond donors (Lipinski definition) is 0. The lowest BCUT2D eigenvalue weighted by molar-refractivity contribution is 0.0844. The van der Waals surface area contributed by atoms with Gasteiger partial charge in [-0.05, 0) is 32.6 Å². The van der Waals surface area contributed by atoms with E-state index in [1.54, 1.807) is 0 Å². The Morgan fingerprint density at radius 3 is 2.61 bits per heavy atom. The van der Waals surface area contributed by atoms with E-state index in [1.807, 2.05) is 6.92 Å². The highest BCUT2D eigenvalue weighted by Gasteiger charge is 2.20. The van der Waals surface area contributed by atoms with Gasteiger partial charge in [0.1, 0.15) is 11.6 Å². The van der Waals surface area contributed by atoms with Crippen LogP contribution in [0.25, 0.3) is 0 Å². The normalized spacial score (nSPS) is 21.5. The van der Waals surface area contributed by atoms with Crippen molar-refractivity contribution in [3.63, 3.8) is 0 Å². The third kappa shape index (κ3) is 2.48. The molecular weight excluding hydrogens is 226 g/mol. The van der Waals surface area contributed by atoms with E-state index in [0.29, 0.717) is 5.92 Å². The summed E-state index contributed by atoms with van der Waals surface area (Å²) in [5.41, 5.74) is 1.22. The molecule has 1 aromatic heterocycles. The van der Waals surface area contributed by atoms with Crippen LogP contribution < -0.4 is 4.90 Å². The topological polar surface area (TPSA) is 38.2 Å². The first-order valence-corrected chi connectivity index (χ1v) is 7.01. The van der Waals surface area contributed by atoms with Crippen LogP contribution in [0.15, 0.2) is 6.07 Å². The summed E-state index contributed by atoms with van der Waals surface area (Å²) in [6.45, 7) is 6.02. The molecule has 3 heterocycles. The molecule has 0 aliphatic carbocycles. The Hall–Kier alpha value is -1.16. The Kier molecular flexibility index (Phi) is 3.46. The molecule has 4 heteroatoms. The van der Waals surface area contributed by atoms with E-state index in [4.69, 9.17) is 4.74 Å². The van der Waals surface area contributed by atoms with Crippen molar-refractivity contribution < 1.29 is 4.74 Å². The molecule has 4 nitrogen and oxygen atoms in total. The summed E-state index contributed by atoms with van der Waals surface area (Å²) < 4.78 is 5.43.